The van der Waals surface area contributed by atoms with Crippen LogP contribution in [0.4, 0.5) is 11.4 Å². The first kappa shape index (κ1) is 30.3. The third-order valence-electron chi connectivity index (χ3n) is 5.98. The van der Waals surface area contributed by atoms with Crippen molar-refractivity contribution in [3.63, 3.8) is 0 Å². The van der Waals surface area contributed by atoms with Crippen LogP contribution in [0.25, 0.3) is 0 Å². The van der Waals surface area contributed by atoms with E-state index < -0.39 is 0 Å². The number of hydrogen-bond acceptors (Lipinski definition) is 2. The van der Waals surface area contributed by atoms with Gasteiger partial charge >= 0.3 is 0 Å². The summed E-state index contributed by atoms with van der Waals surface area (Å²) in [6.45, 7) is 13.4. The minimum atomic E-state index is 0. The molecule has 0 aliphatic carbocycles. The van der Waals surface area contributed by atoms with E-state index >= 15 is 0 Å². The SMILES string of the molecule is CCCCC(=N\c1cc(CCC)cc(CCC)c1)/C(C)=N/c1cc(CCC)cc(CCC)c1.[Ni]. The number of aryl methyl sites for hydroxylation is 4. The fourth-order valence-electron chi connectivity index (χ4n) is 4.42. The quantitative estimate of drug-likeness (QED) is 0.180. The van der Waals surface area contributed by atoms with E-state index in [0.29, 0.717) is 0 Å². The Morgan fingerprint density at radius 3 is 1.29 bits per heavy atom. The van der Waals surface area contributed by atoms with Gasteiger partial charge in [-0.1, -0.05) is 78.9 Å². The molecular weight excluding hydrogens is 459 g/mol. The van der Waals surface area contributed by atoms with Crippen LogP contribution in [0.1, 0.15) is 109 Å². The van der Waals surface area contributed by atoms with Crippen LogP contribution in [0.2, 0.25) is 0 Å². The predicted octanol–water partition coefficient (Wildman–Crippen LogP) is 9.55. The number of nitrogens with zero attached hydrogens (tertiary/aromatic N) is 2. The largest absolute Gasteiger partial charge is 0.252 e. The maximum absolute atomic E-state index is 5.18. The zero-order chi connectivity index (χ0) is 24.1. The van der Waals surface area contributed by atoms with Crippen LogP contribution in [0.3, 0.4) is 0 Å². The molecule has 0 amide bonds. The average molecular weight is 505 g/mol. The fourth-order valence-corrected chi connectivity index (χ4v) is 4.42. The molecule has 0 unspecified atom stereocenters. The van der Waals surface area contributed by atoms with Gasteiger partial charge in [-0.3, -0.25) is 9.98 Å². The molecule has 2 aromatic carbocycles. The van der Waals surface area contributed by atoms with Gasteiger partial charge in [0.2, 0.25) is 0 Å². The molecule has 0 saturated carbocycles. The molecular formula is C31H46N2Ni. The predicted molar refractivity (Wildman–Crippen MR) is 148 cm³/mol. The van der Waals surface area contributed by atoms with Gasteiger partial charge in [0.1, 0.15) is 0 Å². The summed E-state index contributed by atoms with van der Waals surface area (Å²) in [7, 11) is 0. The normalized spacial score (nSPS) is 12.1. The first-order chi connectivity index (χ1) is 16.0. The molecule has 0 radical (unpaired) electrons. The van der Waals surface area contributed by atoms with Crippen LogP contribution in [0.15, 0.2) is 46.4 Å². The van der Waals surface area contributed by atoms with Crippen molar-refractivity contribution in [2.45, 2.75) is 112 Å². The molecule has 0 fully saturated rings. The van der Waals surface area contributed by atoms with Gasteiger partial charge in [-0.15, -0.1) is 0 Å². The van der Waals surface area contributed by atoms with Crippen LogP contribution in [-0.4, -0.2) is 11.4 Å². The number of hydrogen-bond donors (Lipinski definition) is 0. The van der Waals surface area contributed by atoms with Gasteiger partial charge in [0.15, 0.2) is 0 Å². The van der Waals surface area contributed by atoms with Crippen LogP contribution < -0.4 is 0 Å². The Morgan fingerprint density at radius 1 is 0.559 bits per heavy atom. The van der Waals surface area contributed by atoms with Gasteiger partial charge in [0, 0.05) is 16.5 Å². The van der Waals surface area contributed by atoms with Crippen molar-refractivity contribution in [1.29, 1.82) is 0 Å². The molecule has 0 spiro atoms. The molecule has 0 aromatic heterocycles. The van der Waals surface area contributed by atoms with Gasteiger partial charge in [0.05, 0.1) is 22.8 Å². The van der Waals surface area contributed by atoms with Crippen LogP contribution in [0.5, 0.6) is 0 Å². The van der Waals surface area contributed by atoms with Crippen LogP contribution in [-0.2, 0) is 42.2 Å². The number of unbranched alkanes of at least 4 members (excludes halogenated alkanes) is 1. The van der Waals surface area contributed by atoms with Crippen molar-refractivity contribution in [2.75, 3.05) is 0 Å². The van der Waals surface area contributed by atoms with E-state index in [1.165, 1.54) is 22.3 Å². The molecule has 0 atom stereocenters. The smallest absolute Gasteiger partial charge is 0.0639 e. The summed E-state index contributed by atoms with van der Waals surface area (Å²) in [5.41, 5.74) is 9.97. The zero-order valence-corrected chi connectivity index (χ0v) is 23.4. The first-order valence-electron chi connectivity index (χ1n) is 13.4. The molecule has 0 bridgehead atoms. The molecule has 2 aromatic rings. The van der Waals surface area contributed by atoms with Gasteiger partial charge in [-0.25, -0.2) is 0 Å². The number of aliphatic imine (C=N–C) groups is 2. The number of rotatable bonds is 14. The molecule has 190 valence electrons. The molecule has 3 heteroatoms. The van der Waals surface area contributed by atoms with E-state index in [4.69, 9.17) is 9.98 Å². The van der Waals surface area contributed by atoms with E-state index in [2.05, 4.69) is 77.9 Å². The molecule has 34 heavy (non-hydrogen) atoms. The molecule has 0 aliphatic rings. The second-order valence-electron chi connectivity index (χ2n) is 9.37. The zero-order valence-electron chi connectivity index (χ0n) is 22.5. The van der Waals surface area contributed by atoms with Crippen molar-refractivity contribution in [3.05, 3.63) is 58.7 Å². The maximum atomic E-state index is 5.18. The Labute approximate surface area is 219 Å². The summed E-state index contributed by atoms with van der Waals surface area (Å²) < 4.78 is 0. The third-order valence-corrected chi connectivity index (χ3v) is 5.98. The third kappa shape index (κ3) is 10.3. The van der Waals surface area contributed by atoms with E-state index in [0.717, 1.165) is 93.4 Å². The van der Waals surface area contributed by atoms with Gasteiger partial charge < -0.3 is 0 Å². The van der Waals surface area contributed by atoms with E-state index in [-0.39, 0.29) is 16.5 Å². The first-order valence-corrected chi connectivity index (χ1v) is 13.4. The average Bonchev–Trinajstić information content (AvgIpc) is 2.77. The Bertz CT molecular complexity index is 879. The van der Waals surface area contributed by atoms with Crippen molar-refractivity contribution in [3.8, 4) is 0 Å². The molecule has 2 rings (SSSR count). The summed E-state index contributed by atoms with van der Waals surface area (Å²) in [6, 6.07) is 13.8. The van der Waals surface area contributed by atoms with Gasteiger partial charge in [0.25, 0.3) is 0 Å². The van der Waals surface area contributed by atoms with E-state index in [1.54, 1.807) is 0 Å². The molecule has 2 nitrogen and oxygen atoms in total. The Balaban J connectivity index is 0.00000578. The van der Waals surface area contributed by atoms with Crippen molar-refractivity contribution in [2.24, 2.45) is 9.98 Å². The minimum absolute atomic E-state index is 0. The fraction of sp³-hybridized carbons (Fsp3) is 0.548. The summed E-state index contributed by atoms with van der Waals surface area (Å²) in [4.78, 5) is 10.3. The number of benzene rings is 2. The van der Waals surface area contributed by atoms with Crippen LogP contribution >= 0.6 is 0 Å². The molecule has 0 aliphatic heterocycles. The van der Waals surface area contributed by atoms with E-state index in [1.807, 2.05) is 0 Å². The molecule has 0 N–H and O–H groups in total. The summed E-state index contributed by atoms with van der Waals surface area (Å²) in [6.07, 6.45) is 12.4. The summed E-state index contributed by atoms with van der Waals surface area (Å²) >= 11 is 0. The van der Waals surface area contributed by atoms with Crippen molar-refractivity contribution < 1.29 is 16.5 Å². The van der Waals surface area contributed by atoms with Gasteiger partial charge in [-0.2, -0.15) is 0 Å². The monoisotopic (exact) mass is 504 g/mol. The topological polar surface area (TPSA) is 24.7 Å². The second-order valence-corrected chi connectivity index (χ2v) is 9.37. The Hall–Kier alpha value is -1.73. The van der Waals surface area contributed by atoms with Crippen molar-refractivity contribution >= 4 is 22.8 Å². The molecule has 0 heterocycles. The Kier molecular flexibility index (Phi) is 15.0. The van der Waals surface area contributed by atoms with Crippen LogP contribution in [0, 0.1) is 0 Å². The minimum Gasteiger partial charge on any atom is -0.252 e. The standard InChI is InChI=1S/C31H46N2.Ni/c1-7-12-17-31(33-30-22-27(15-10-4)19-28(23-30)16-11-5)24(6)32-29-20-25(13-8-2)18-26(21-29)14-9-3;/h18-23H,7-17H2,1-6H3;/b32-24+,33-31+;. The van der Waals surface area contributed by atoms with E-state index in [9.17, 15) is 0 Å². The molecule has 0 saturated heterocycles. The van der Waals surface area contributed by atoms with Crippen molar-refractivity contribution in [1.82, 2.24) is 0 Å². The maximum Gasteiger partial charge on any atom is 0.0639 e. The summed E-state index contributed by atoms with van der Waals surface area (Å²) in [5, 5.41) is 0. The second kappa shape index (κ2) is 16.8. The summed E-state index contributed by atoms with van der Waals surface area (Å²) in [5.74, 6) is 0. The Morgan fingerprint density at radius 2 is 0.941 bits per heavy atom. The van der Waals surface area contributed by atoms with Gasteiger partial charge in [-0.05, 0) is 92.0 Å².